The third kappa shape index (κ3) is 6.10. The SMILES string of the molecule is CCC(C)Cc1nc2ccccc2n1Cc1ccc(-c2ccccc2OC(=O)OC(C)(C)C)cc1. The van der Waals surface area contributed by atoms with Crippen molar-refractivity contribution in [1.29, 1.82) is 0 Å². The minimum atomic E-state index is -0.706. The molecule has 4 rings (SSSR count). The monoisotopic (exact) mass is 470 g/mol. The Hall–Kier alpha value is -3.60. The Morgan fingerprint density at radius 1 is 0.971 bits per heavy atom. The number of hydrogen-bond donors (Lipinski definition) is 0. The van der Waals surface area contributed by atoms with Gasteiger partial charge in [0, 0.05) is 18.5 Å². The third-order valence-corrected chi connectivity index (χ3v) is 6.04. The highest BCUT2D eigenvalue weighted by Crippen LogP contribution is 2.31. The zero-order valence-corrected chi connectivity index (χ0v) is 21.2. The predicted molar refractivity (Wildman–Crippen MR) is 141 cm³/mol. The molecule has 0 amide bonds. The van der Waals surface area contributed by atoms with Crippen molar-refractivity contribution in [2.75, 3.05) is 0 Å². The van der Waals surface area contributed by atoms with Crippen LogP contribution in [-0.4, -0.2) is 21.3 Å². The molecule has 0 saturated heterocycles. The summed E-state index contributed by atoms with van der Waals surface area (Å²) in [6.45, 7) is 10.7. The Morgan fingerprint density at radius 3 is 2.37 bits per heavy atom. The van der Waals surface area contributed by atoms with Crippen LogP contribution in [0.15, 0.2) is 72.8 Å². The van der Waals surface area contributed by atoms with Crippen molar-refractivity contribution in [1.82, 2.24) is 9.55 Å². The molecule has 0 N–H and O–H groups in total. The van der Waals surface area contributed by atoms with Gasteiger partial charge in [-0.05, 0) is 56.0 Å². The van der Waals surface area contributed by atoms with Crippen molar-refractivity contribution in [3.63, 3.8) is 0 Å². The number of hydrogen-bond acceptors (Lipinski definition) is 4. The van der Waals surface area contributed by atoms with Crippen molar-refractivity contribution in [3.05, 3.63) is 84.2 Å². The van der Waals surface area contributed by atoms with E-state index in [1.807, 2.05) is 45.0 Å². The number of benzene rings is 3. The van der Waals surface area contributed by atoms with Gasteiger partial charge in [-0.3, -0.25) is 0 Å². The number of nitrogens with zero attached hydrogens (tertiary/aromatic N) is 2. The molecule has 0 saturated carbocycles. The van der Waals surface area contributed by atoms with Crippen LogP contribution in [0.3, 0.4) is 0 Å². The molecule has 5 nitrogen and oxygen atoms in total. The highest BCUT2D eigenvalue weighted by Gasteiger charge is 2.19. The van der Waals surface area contributed by atoms with E-state index in [1.54, 1.807) is 6.07 Å². The second-order valence-corrected chi connectivity index (χ2v) is 10.1. The van der Waals surface area contributed by atoms with Crippen LogP contribution in [0.4, 0.5) is 4.79 Å². The molecule has 0 aliphatic rings. The van der Waals surface area contributed by atoms with Gasteiger partial charge in [-0.25, -0.2) is 9.78 Å². The van der Waals surface area contributed by atoms with Gasteiger partial charge in [0.1, 0.15) is 17.2 Å². The molecule has 0 fully saturated rings. The van der Waals surface area contributed by atoms with E-state index in [0.29, 0.717) is 11.7 Å². The summed E-state index contributed by atoms with van der Waals surface area (Å²) in [7, 11) is 0. The zero-order chi connectivity index (χ0) is 25.0. The van der Waals surface area contributed by atoms with Crippen LogP contribution < -0.4 is 4.74 Å². The van der Waals surface area contributed by atoms with E-state index in [-0.39, 0.29) is 0 Å². The lowest BCUT2D eigenvalue weighted by Crippen LogP contribution is -2.26. The second-order valence-electron chi connectivity index (χ2n) is 10.1. The summed E-state index contributed by atoms with van der Waals surface area (Å²) >= 11 is 0. The quantitative estimate of drug-likeness (QED) is 0.206. The van der Waals surface area contributed by atoms with Gasteiger partial charge >= 0.3 is 6.16 Å². The average Bonchev–Trinajstić information content (AvgIpc) is 3.15. The van der Waals surface area contributed by atoms with Gasteiger partial charge in [0.15, 0.2) is 0 Å². The number of imidazole rings is 1. The minimum absolute atomic E-state index is 0.478. The molecule has 3 aromatic carbocycles. The summed E-state index contributed by atoms with van der Waals surface area (Å²) in [6.07, 6.45) is 1.38. The van der Waals surface area contributed by atoms with Crippen LogP contribution in [-0.2, 0) is 17.7 Å². The highest BCUT2D eigenvalue weighted by atomic mass is 16.7. The molecule has 0 radical (unpaired) electrons. The van der Waals surface area contributed by atoms with Crippen LogP contribution in [0.1, 0.15) is 52.4 Å². The molecule has 0 aliphatic carbocycles. The smallest absolute Gasteiger partial charge is 0.428 e. The van der Waals surface area contributed by atoms with Crippen LogP contribution >= 0.6 is 0 Å². The first-order valence-electron chi connectivity index (χ1n) is 12.3. The van der Waals surface area contributed by atoms with E-state index in [2.05, 4.69) is 60.9 Å². The van der Waals surface area contributed by atoms with Crippen LogP contribution in [0, 0.1) is 5.92 Å². The number of fused-ring (bicyclic) bond motifs is 1. The predicted octanol–water partition coefficient (Wildman–Crippen LogP) is 7.65. The van der Waals surface area contributed by atoms with Crippen LogP contribution in [0.5, 0.6) is 5.75 Å². The van der Waals surface area contributed by atoms with E-state index in [4.69, 9.17) is 14.5 Å². The fourth-order valence-electron chi connectivity index (χ4n) is 4.04. The van der Waals surface area contributed by atoms with Gasteiger partial charge in [-0.1, -0.05) is 74.9 Å². The fraction of sp³-hybridized carbons (Fsp3) is 0.333. The number of ether oxygens (including phenoxy) is 2. The van der Waals surface area contributed by atoms with E-state index < -0.39 is 11.8 Å². The maximum Gasteiger partial charge on any atom is 0.514 e. The van der Waals surface area contributed by atoms with Crippen molar-refractivity contribution in [3.8, 4) is 16.9 Å². The molecule has 1 heterocycles. The number of carbonyl (C=O) groups excluding carboxylic acids is 1. The zero-order valence-electron chi connectivity index (χ0n) is 21.2. The maximum atomic E-state index is 12.2. The van der Waals surface area contributed by atoms with Crippen molar-refractivity contribution in [2.24, 2.45) is 5.92 Å². The molecule has 1 aromatic heterocycles. The van der Waals surface area contributed by atoms with E-state index >= 15 is 0 Å². The summed E-state index contributed by atoms with van der Waals surface area (Å²) in [5, 5.41) is 0. The Balaban J connectivity index is 1.58. The molecular weight excluding hydrogens is 436 g/mol. The summed E-state index contributed by atoms with van der Waals surface area (Å²) in [5.41, 5.74) is 4.59. The lowest BCUT2D eigenvalue weighted by Gasteiger charge is -2.19. The molecule has 1 atom stereocenters. The first-order valence-corrected chi connectivity index (χ1v) is 12.3. The van der Waals surface area contributed by atoms with Crippen LogP contribution in [0.25, 0.3) is 22.2 Å². The number of aromatic nitrogens is 2. The van der Waals surface area contributed by atoms with Gasteiger partial charge < -0.3 is 14.0 Å². The first kappa shape index (κ1) is 24.5. The maximum absolute atomic E-state index is 12.2. The van der Waals surface area contributed by atoms with Gasteiger partial charge in [-0.15, -0.1) is 0 Å². The molecule has 0 bridgehead atoms. The summed E-state index contributed by atoms with van der Waals surface area (Å²) in [4.78, 5) is 17.2. The van der Waals surface area contributed by atoms with Gasteiger partial charge in [0.2, 0.25) is 0 Å². The third-order valence-electron chi connectivity index (χ3n) is 6.04. The number of para-hydroxylation sites is 3. The summed E-state index contributed by atoms with van der Waals surface area (Å²) < 4.78 is 13.2. The number of rotatable bonds is 7. The Kier molecular flexibility index (Phi) is 7.25. The molecular formula is C30H34N2O3. The molecule has 4 aromatic rings. The molecule has 5 heteroatoms. The normalized spacial score (nSPS) is 12.5. The Labute approximate surface area is 207 Å². The molecule has 1 unspecified atom stereocenters. The fourth-order valence-corrected chi connectivity index (χ4v) is 4.04. The lowest BCUT2D eigenvalue weighted by molar-refractivity contribution is 0.0207. The van der Waals surface area contributed by atoms with E-state index in [0.717, 1.165) is 47.4 Å². The highest BCUT2D eigenvalue weighted by molar-refractivity contribution is 5.77. The standard InChI is InChI=1S/C30H34N2O3/c1-6-21(2)19-28-31-25-12-8-9-13-26(25)32(28)20-22-15-17-23(18-16-22)24-11-7-10-14-27(24)34-29(33)35-30(3,4)5/h7-18,21H,6,19-20H2,1-5H3. The van der Waals surface area contributed by atoms with Gasteiger partial charge in [0.05, 0.1) is 11.0 Å². The lowest BCUT2D eigenvalue weighted by atomic mass is 10.0. The molecule has 0 spiro atoms. The Bertz CT molecular complexity index is 1300. The first-order chi connectivity index (χ1) is 16.7. The largest absolute Gasteiger partial charge is 0.514 e. The molecule has 182 valence electrons. The summed E-state index contributed by atoms with van der Waals surface area (Å²) in [6, 6.07) is 24.2. The Morgan fingerprint density at radius 2 is 1.66 bits per heavy atom. The van der Waals surface area contributed by atoms with Crippen LogP contribution in [0.2, 0.25) is 0 Å². The summed E-state index contributed by atoms with van der Waals surface area (Å²) in [5.74, 6) is 2.18. The van der Waals surface area contributed by atoms with Gasteiger partial charge in [-0.2, -0.15) is 0 Å². The molecule has 35 heavy (non-hydrogen) atoms. The van der Waals surface area contributed by atoms with Crippen molar-refractivity contribution in [2.45, 2.75) is 59.6 Å². The minimum Gasteiger partial charge on any atom is -0.428 e. The molecule has 0 aliphatic heterocycles. The van der Waals surface area contributed by atoms with Gasteiger partial charge in [0.25, 0.3) is 0 Å². The van der Waals surface area contributed by atoms with E-state index in [9.17, 15) is 4.79 Å². The second kappa shape index (κ2) is 10.3. The average molecular weight is 471 g/mol. The van der Waals surface area contributed by atoms with E-state index in [1.165, 1.54) is 5.56 Å². The van der Waals surface area contributed by atoms with Crippen molar-refractivity contribution < 1.29 is 14.3 Å². The van der Waals surface area contributed by atoms with Crippen molar-refractivity contribution >= 4 is 17.2 Å². The number of carbonyl (C=O) groups is 1. The topological polar surface area (TPSA) is 53.4 Å².